The van der Waals surface area contributed by atoms with Crippen LogP contribution in [0.15, 0.2) is 35.1 Å². The van der Waals surface area contributed by atoms with Gasteiger partial charge in [0.25, 0.3) is 5.56 Å². The molecule has 4 heteroatoms. The summed E-state index contributed by atoms with van der Waals surface area (Å²) < 4.78 is 0. The lowest BCUT2D eigenvalue weighted by Crippen LogP contribution is -2.71. The van der Waals surface area contributed by atoms with Crippen LogP contribution in [0.3, 0.4) is 0 Å². The fourth-order valence-electron chi connectivity index (χ4n) is 5.75. The molecule has 4 fully saturated rings. The monoisotopic (exact) mass is 309 g/mol. The van der Waals surface area contributed by atoms with Crippen molar-refractivity contribution in [3.8, 4) is 0 Å². The quantitative estimate of drug-likeness (QED) is 0.880. The first-order chi connectivity index (χ1) is 10.9. The van der Waals surface area contributed by atoms with Gasteiger partial charge in [0.2, 0.25) is 0 Å². The van der Waals surface area contributed by atoms with E-state index in [1.54, 1.807) is 0 Å². The minimum atomic E-state index is 0.0662. The number of H-pyrrole nitrogens is 1. The summed E-state index contributed by atoms with van der Waals surface area (Å²) >= 11 is 0. The lowest BCUT2D eigenvalue weighted by atomic mass is 9.63. The van der Waals surface area contributed by atoms with Gasteiger partial charge >= 0.3 is 0 Å². The zero-order valence-electron chi connectivity index (χ0n) is 13.8. The summed E-state index contributed by atoms with van der Waals surface area (Å²) in [6.45, 7) is 9.24. The van der Waals surface area contributed by atoms with Crippen LogP contribution >= 0.6 is 0 Å². The van der Waals surface area contributed by atoms with Gasteiger partial charge in [-0.05, 0) is 34.8 Å². The Balaban J connectivity index is 1.63. The van der Waals surface area contributed by atoms with Crippen molar-refractivity contribution >= 4 is 10.9 Å². The number of nitrogens with zero attached hydrogens (tertiary/aromatic N) is 2. The summed E-state index contributed by atoms with van der Waals surface area (Å²) in [5, 5.41) is 1.12. The van der Waals surface area contributed by atoms with Crippen LogP contribution in [0.1, 0.15) is 32.0 Å². The van der Waals surface area contributed by atoms with Gasteiger partial charge in [0.15, 0.2) is 0 Å². The molecule has 0 atom stereocenters. The van der Waals surface area contributed by atoms with Crippen LogP contribution in [-0.2, 0) is 0 Å². The minimum absolute atomic E-state index is 0.0662. The average Bonchev–Trinajstić information content (AvgIpc) is 2.44. The third-order valence-corrected chi connectivity index (χ3v) is 5.94. The molecular weight excluding hydrogens is 286 g/mol. The van der Waals surface area contributed by atoms with Crippen LogP contribution in [0, 0.1) is 10.8 Å². The van der Waals surface area contributed by atoms with Crippen LogP contribution in [0.5, 0.6) is 0 Å². The Bertz CT molecular complexity index is 819. The smallest absolute Gasteiger partial charge is 0.254 e. The molecule has 4 aliphatic rings. The molecule has 120 valence electrons. The lowest BCUT2D eigenvalue weighted by Gasteiger charge is -2.66. The van der Waals surface area contributed by atoms with Gasteiger partial charge in [-0.2, -0.15) is 0 Å². The lowest BCUT2D eigenvalue weighted by molar-refractivity contribution is -0.194. The molecule has 1 N–H and O–H groups in total. The van der Waals surface area contributed by atoms with Crippen LogP contribution in [0.4, 0.5) is 0 Å². The standard InChI is InChI=1S/C19H23N3O/c1-18-8-19(2)11-21(9-18)17(22(10-18)12-19)14-7-13-5-3-4-6-15(13)20-16(14)23/h3-7,17H,8-12H2,1-2H3,(H,20,23). The maximum absolute atomic E-state index is 12.7. The number of rotatable bonds is 1. The van der Waals surface area contributed by atoms with Gasteiger partial charge < -0.3 is 4.98 Å². The largest absolute Gasteiger partial charge is 0.322 e. The molecule has 4 aliphatic heterocycles. The van der Waals surface area contributed by atoms with Crippen molar-refractivity contribution in [2.24, 2.45) is 10.8 Å². The molecule has 0 aliphatic carbocycles. The Kier molecular flexibility index (Phi) is 2.54. The van der Waals surface area contributed by atoms with Crippen molar-refractivity contribution in [1.29, 1.82) is 0 Å². The Morgan fingerprint density at radius 3 is 2.30 bits per heavy atom. The van der Waals surface area contributed by atoms with Crippen molar-refractivity contribution in [2.45, 2.75) is 26.4 Å². The first-order valence-corrected chi connectivity index (χ1v) is 8.55. The number of nitrogens with one attached hydrogen (secondary N) is 1. The molecule has 0 saturated carbocycles. The van der Waals surface area contributed by atoms with Gasteiger partial charge in [0, 0.05) is 37.3 Å². The number of aromatic amines is 1. The zero-order valence-corrected chi connectivity index (χ0v) is 13.8. The molecule has 1 aromatic carbocycles. The van der Waals surface area contributed by atoms with Gasteiger partial charge in [0.1, 0.15) is 0 Å². The van der Waals surface area contributed by atoms with E-state index in [2.05, 4.69) is 40.8 Å². The Hall–Kier alpha value is -1.65. The summed E-state index contributed by atoms with van der Waals surface area (Å²) in [7, 11) is 0. The number of benzene rings is 1. The molecule has 1 aromatic heterocycles. The molecule has 6 rings (SSSR count). The molecular formula is C19H23N3O. The first-order valence-electron chi connectivity index (χ1n) is 8.55. The van der Waals surface area contributed by atoms with Crippen LogP contribution in [0.25, 0.3) is 10.9 Å². The summed E-state index contributed by atoms with van der Waals surface area (Å²) in [4.78, 5) is 20.9. The van der Waals surface area contributed by atoms with E-state index in [9.17, 15) is 4.79 Å². The fraction of sp³-hybridized carbons (Fsp3) is 0.526. The molecule has 4 saturated heterocycles. The van der Waals surface area contributed by atoms with Gasteiger partial charge in [-0.3, -0.25) is 14.6 Å². The number of para-hydroxylation sites is 1. The molecule has 0 unspecified atom stereocenters. The summed E-state index contributed by atoms with van der Waals surface area (Å²) in [5.74, 6) is 0. The minimum Gasteiger partial charge on any atom is -0.322 e. The topological polar surface area (TPSA) is 39.3 Å². The third-order valence-electron chi connectivity index (χ3n) is 5.94. The van der Waals surface area contributed by atoms with Gasteiger partial charge in [-0.25, -0.2) is 0 Å². The van der Waals surface area contributed by atoms with Crippen molar-refractivity contribution in [3.05, 3.63) is 46.2 Å². The van der Waals surface area contributed by atoms with Crippen molar-refractivity contribution in [2.75, 3.05) is 26.2 Å². The summed E-state index contributed by atoms with van der Waals surface area (Å²) in [5.41, 5.74) is 2.66. The van der Waals surface area contributed by atoms with Crippen LogP contribution in [0.2, 0.25) is 0 Å². The number of hydrogen-bond donors (Lipinski definition) is 1. The number of fused-ring (bicyclic) bond motifs is 1. The second-order valence-corrected chi connectivity index (χ2v) is 8.62. The highest BCUT2D eigenvalue weighted by Gasteiger charge is 2.56. The first kappa shape index (κ1) is 13.8. The van der Waals surface area contributed by atoms with E-state index in [1.807, 2.05) is 18.2 Å². The predicted octanol–water partition coefficient (Wildman–Crippen LogP) is 2.57. The number of aromatic nitrogens is 1. The second kappa shape index (κ2) is 4.25. The Labute approximate surface area is 136 Å². The van der Waals surface area contributed by atoms with Crippen molar-refractivity contribution < 1.29 is 0 Å². The van der Waals surface area contributed by atoms with E-state index in [1.165, 1.54) is 6.42 Å². The Morgan fingerprint density at radius 2 is 1.65 bits per heavy atom. The highest BCUT2D eigenvalue weighted by Crippen LogP contribution is 2.53. The van der Waals surface area contributed by atoms with E-state index in [0.29, 0.717) is 10.8 Å². The Morgan fingerprint density at radius 1 is 1.04 bits per heavy atom. The van der Waals surface area contributed by atoms with E-state index < -0.39 is 0 Å². The van der Waals surface area contributed by atoms with Crippen LogP contribution < -0.4 is 5.56 Å². The highest BCUT2D eigenvalue weighted by molar-refractivity contribution is 5.78. The van der Waals surface area contributed by atoms with Gasteiger partial charge in [-0.1, -0.05) is 32.0 Å². The number of hydrogen-bond acceptors (Lipinski definition) is 3. The molecule has 4 nitrogen and oxygen atoms in total. The van der Waals surface area contributed by atoms with Crippen molar-refractivity contribution in [1.82, 2.24) is 14.8 Å². The highest BCUT2D eigenvalue weighted by atomic mass is 16.1. The van der Waals surface area contributed by atoms with E-state index in [-0.39, 0.29) is 11.7 Å². The average molecular weight is 309 g/mol. The van der Waals surface area contributed by atoms with E-state index in [0.717, 1.165) is 42.6 Å². The normalized spacial score (nSPS) is 41.6. The maximum atomic E-state index is 12.7. The van der Waals surface area contributed by atoms with Gasteiger partial charge in [0.05, 0.1) is 6.17 Å². The number of piperidine rings is 2. The maximum Gasteiger partial charge on any atom is 0.254 e. The van der Waals surface area contributed by atoms with E-state index >= 15 is 0 Å². The summed E-state index contributed by atoms with van der Waals surface area (Å²) in [6.07, 6.45) is 1.46. The SMILES string of the molecule is CC12CN3CC(C)(CN(C1)C3c1cc3ccccc3[nH]c1=O)C2. The van der Waals surface area contributed by atoms with Crippen LogP contribution in [-0.4, -0.2) is 41.0 Å². The predicted molar refractivity (Wildman–Crippen MR) is 91.3 cm³/mol. The third kappa shape index (κ3) is 1.95. The molecule has 5 heterocycles. The molecule has 0 amide bonds. The molecule has 23 heavy (non-hydrogen) atoms. The van der Waals surface area contributed by atoms with Gasteiger partial charge in [-0.15, -0.1) is 0 Å². The number of pyridine rings is 1. The second-order valence-electron chi connectivity index (χ2n) is 8.62. The summed E-state index contributed by atoms with van der Waals surface area (Å²) in [6, 6.07) is 10.2. The zero-order chi connectivity index (χ0) is 15.8. The molecule has 4 bridgehead atoms. The molecule has 0 spiro atoms. The van der Waals surface area contributed by atoms with Crippen molar-refractivity contribution in [3.63, 3.8) is 0 Å². The fourth-order valence-corrected chi connectivity index (χ4v) is 5.75. The molecule has 2 aromatic rings. The molecule has 0 radical (unpaired) electrons. The van der Waals surface area contributed by atoms with E-state index in [4.69, 9.17) is 0 Å².